The smallest absolute Gasteiger partial charge is 0.246 e. The summed E-state index contributed by atoms with van der Waals surface area (Å²) in [6, 6.07) is 15.8. The fourth-order valence-electron chi connectivity index (χ4n) is 2.53. The fourth-order valence-corrected chi connectivity index (χ4v) is 3.46. The lowest BCUT2D eigenvalue weighted by Crippen LogP contribution is -2.20. The summed E-state index contributed by atoms with van der Waals surface area (Å²) in [7, 11) is 3.98. The summed E-state index contributed by atoms with van der Waals surface area (Å²) in [5, 5.41) is 8.10. The number of carbonyl (C=O) groups is 1. The number of nitrogens with zero attached hydrogens (tertiary/aromatic N) is 1. The van der Waals surface area contributed by atoms with Crippen LogP contribution in [0.5, 0.6) is 0 Å². The third kappa shape index (κ3) is 4.12. The third-order valence-corrected chi connectivity index (χ3v) is 5.16. The molecule has 2 aromatic carbocycles. The Morgan fingerprint density at radius 2 is 1.64 bits per heavy atom. The van der Waals surface area contributed by atoms with Gasteiger partial charge in [-0.3, -0.25) is 9.37 Å². The van der Waals surface area contributed by atoms with Gasteiger partial charge in [0.1, 0.15) is 10.9 Å². The van der Waals surface area contributed by atoms with Crippen LogP contribution in [0.25, 0.3) is 6.08 Å². The Hall–Kier alpha value is -2.53. The highest BCUT2D eigenvalue weighted by Gasteiger charge is 2.24. The summed E-state index contributed by atoms with van der Waals surface area (Å²) in [5.74, 6) is 1.05. The van der Waals surface area contributed by atoms with E-state index in [-0.39, 0.29) is 11.2 Å². The molecule has 0 saturated heterocycles. The molecule has 1 heterocycles. The van der Waals surface area contributed by atoms with Gasteiger partial charge in [-0.15, -0.1) is 11.8 Å². The quantitative estimate of drug-likeness (QED) is 0.495. The Kier molecular flexibility index (Phi) is 5.24. The molecule has 0 fully saturated rings. The Labute approximate surface area is 152 Å². The summed E-state index contributed by atoms with van der Waals surface area (Å²) in [5.41, 5.74) is 3.95. The molecule has 1 amide bonds. The lowest BCUT2D eigenvalue weighted by molar-refractivity contribution is -0.464. The van der Waals surface area contributed by atoms with Crippen LogP contribution in [0.1, 0.15) is 23.3 Å². The van der Waals surface area contributed by atoms with E-state index in [0.29, 0.717) is 0 Å². The van der Waals surface area contributed by atoms with E-state index in [2.05, 4.69) is 10.6 Å². The number of rotatable bonds is 3. The number of hydrogen-bond acceptors (Lipinski definition) is 2. The molecular formula is C20H22N3OS+. The van der Waals surface area contributed by atoms with Crippen molar-refractivity contribution in [3.8, 4) is 0 Å². The lowest BCUT2D eigenvalue weighted by atomic mass is 10.0. The Bertz CT molecular complexity index is 836. The third-order valence-electron chi connectivity index (χ3n) is 4.13. The number of nitrogens with one attached hydrogen (secondary N) is 2. The predicted octanol–water partition coefficient (Wildman–Crippen LogP) is 4.19. The Balaban J connectivity index is 1.70. The van der Waals surface area contributed by atoms with E-state index in [4.69, 9.17) is 0 Å². The van der Waals surface area contributed by atoms with Crippen molar-refractivity contribution in [2.24, 2.45) is 0 Å². The summed E-state index contributed by atoms with van der Waals surface area (Å²) in [6.45, 7) is 2.01. The molecule has 0 aromatic heterocycles. The van der Waals surface area contributed by atoms with Gasteiger partial charge in [-0.2, -0.15) is 0 Å². The van der Waals surface area contributed by atoms with Crippen molar-refractivity contribution in [3.05, 3.63) is 65.1 Å². The van der Waals surface area contributed by atoms with Crippen molar-refractivity contribution in [1.29, 1.82) is 0 Å². The van der Waals surface area contributed by atoms with Crippen LogP contribution in [0, 0.1) is 0 Å². The van der Waals surface area contributed by atoms with Crippen LogP contribution in [0.15, 0.2) is 53.9 Å². The van der Waals surface area contributed by atoms with Crippen LogP contribution < -0.4 is 10.6 Å². The van der Waals surface area contributed by atoms with E-state index in [0.717, 1.165) is 28.3 Å². The minimum atomic E-state index is -0.219. The highest BCUT2D eigenvalue weighted by molar-refractivity contribution is 8.03. The lowest BCUT2D eigenvalue weighted by Gasteiger charge is -2.20. The first-order valence-electron chi connectivity index (χ1n) is 8.14. The van der Waals surface area contributed by atoms with Crippen LogP contribution in [0.4, 0.5) is 11.4 Å². The van der Waals surface area contributed by atoms with Gasteiger partial charge < -0.3 is 5.32 Å². The maximum atomic E-state index is 12.7. The summed E-state index contributed by atoms with van der Waals surface area (Å²) < 4.78 is 2.01. The molecule has 0 saturated carbocycles. The van der Waals surface area contributed by atoms with Gasteiger partial charge >= 0.3 is 0 Å². The van der Waals surface area contributed by atoms with Crippen molar-refractivity contribution in [3.63, 3.8) is 0 Å². The van der Waals surface area contributed by atoms with Crippen LogP contribution in [-0.2, 0) is 4.79 Å². The van der Waals surface area contributed by atoms with E-state index in [1.54, 1.807) is 0 Å². The molecule has 128 valence electrons. The highest BCUT2D eigenvalue weighted by Crippen LogP contribution is 2.38. The van der Waals surface area contributed by atoms with Gasteiger partial charge in [-0.25, -0.2) is 5.32 Å². The summed E-state index contributed by atoms with van der Waals surface area (Å²) in [6.07, 6.45) is 2.05. The molecule has 3 rings (SSSR count). The van der Waals surface area contributed by atoms with Crippen molar-refractivity contribution in [2.75, 3.05) is 24.7 Å². The summed E-state index contributed by atoms with van der Waals surface area (Å²) in [4.78, 5) is 12.7. The number of amides is 1. The van der Waals surface area contributed by atoms with Crippen LogP contribution in [-0.4, -0.2) is 30.4 Å². The second-order valence-electron chi connectivity index (χ2n) is 6.12. The average molecular weight is 352 g/mol. The van der Waals surface area contributed by atoms with Crippen molar-refractivity contribution >= 4 is 41.0 Å². The van der Waals surface area contributed by atoms with Gasteiger partial charge in [-0.1, -0.05) is 24.3 Å². The molecule has 2 aromatic rings. The van der Waals surface area contributed by atoms with Gasteiger partial charge in [-0.05, 0) is 46.9 Å². The van der Waals surface area contributed by atoms with Gasteiger partial charge in [0.25, 0.3) is 0 Å². The molecule has 0 radical (unpaired) electrons. The number of anilines is 2. The fraction of sp³-hybridized carbons (Fsp3) is 0.200. The maximum absolute atomic E-state index is 12.7. The SMILES string of the molecule is CC(Nc1ccc(NC(=O)C2SC=Cc3ccccc32)cc1)=[N+](C)C. The minimum Gasteiger partial charge on any atom is -0.325 e. The predicted molar refractivity (Wildman–Crippen MR) is 107 cm³/mol. The second-order valence-corrected chi connectivity index (χ2v) is 7.13. The maximum Gasteiger partial charge on any atom is 0.246 e. The number of thioether (sulfide) groups is 1. The molecule has 2 N–H and O–H groups in total. The largest absolute Gasteiger partial charge is 0.325 e. The molecule has 5 heteroatoms. The molecule has 0 spiro atoms. The van der Waals surface area contributed by atoms with E-state index in [1.807, 2.05) is 85.6 Å². The normalized spacial score (nSPS) is 15.2. The molecule has 1 aliphatic rings. The molecule has 0 aliphatic carbocycles. The second kappa shape index (κ2) is 7.57. The number of amidine groups is 1. The Morgan fingerprint density at radius 1 is 1.00 bits per heavy atom. The molecule has 25 heavy (non-hydrogen) atoms. The van der Waals surface area contributed by atoms with Gasteiger partial charge in [0, 0.05) is 12.6 Å². The molecule has 4 nitrogen and oxygen atoms in total. The first-order valence-corrected chi connectivity index (χ1v) is 9.08. The molecule has 1 unspecified atom stereocenters. The molecule has 1 aliphatic heterocycles. The minimum absolute atomic E-state index is 0.00135. The zero-order valence-electron chi connectivity index (χ0n) is 14.6. The van der Waals surface area contributed by atoms with Gasteiger partial charge in [0.05, 0.1) is 14.1 Å². The Morgan fingerprint density at radius 3 is 2.32 bits per heavy atom. The van der Waals surface area contributed by atoms with Crippen LogP contribution in [0.2, 0.25) is 0 Å². The molecule has 1 atom stereocenters. The first kappa shape index (κ1) is 17.3. The number of carbonyl (C=O) groups excluding carboxylic acids is 1. The number of fused-ring (bicyclic) bond motifs is 1. The van der Waals surface area contributed by atoms with E-state index >= 15 is 0 Å². The van der Waals surface area contributed by atoms with Gasteiger partial charge in [0.15, 0.2) is 0 Å². The standard InChI is InChI=1S/C20H21N3OS/c1-14(23(2)3)21-16-8-10-17(11-9-16)22-20(24)19-18-7-5-4-6-15(18)12-13-25-19/h4-13,19H,1-3H3,(H,22,24)/p+1. The average Bonchev–Trinajstić information content (AvgIpc) is 2.62. The highest BCUT2D eigenvalue weighted by atomic mass is 32.2. The van der Waals surface area contributed by atoms with Crippen molar-refractivity contribution in [1.82, 2.24) is 0 Å². The molecule has 0 bridgehead atoms. The van der Waals surface area contributed by atoms with E-state index in [1.165, 1.54) is 11.8 Å². The van der Waals surface area contributed by atoms with Crippen molar-refractivity contribution in [2.45, 2.75) is 12.2 Å². The van der Waals surface area contributed by atoms with Crippen LogP contribution in [0.3, 0.4) is 0 Å². The number of hydrogen-bond donors (Lipinski definition) is 2. The monoisotopic (exact) mass is 352 g/mol. The molecular weight excluding hydrogens is 330 g/mol. The summed E-state index contributed by atoms with van der Waals surface area (Å²) >= 11 is 1.53. The van der Waals surface area contributed by atoms with Crippen molar-refractivity contribution < 1.29 is 9.37 Å². The zero-order valence-corrected chi connectivity index (χ0v) is 15.4. The van der Waals surface area contributed by atoms with E-state index < -0.39 is 0 Å². The van der Waals surface area contributed by atoms with Crippen LogP contribution >= 0.6 is 11.8 Å². The van der Waals surface area contributed by atoms with Gasteiger partial charge in [0.2, 0.25) is 11.7 Å². The topological polar surface area (TPSA) is 44.1 Å². The number of benzene rings is 2. The first-order chi connectivity index (χ1) is 12.0. The van der Waals surface area contributed by atoms with E-state index in [9.17, 15) is 4.79 Å². The zero-order chi connectivity index (χ0) is 17.8.